The molecule has 0 rings (SSSR count). The number of carbonyl (C=O) groups excluding carboxylic acids is 3. The summed E-state index contributed by atoms with van der Waals surface area (Å²) >= 11 is 0. The van der Waals surface area contributed by atoms with E-state index in [1.54, 1.807) is 0 Å². The van der Waals surface area contributed by atoms with Gasteiger partial charge >= 0.3 is 17.9 Å². The van der Waals surface area contributed by atoms with Gasteiger partial charge < -0.3 is 14.2 Å². The molecule has 0 aliphatic heterocycles. The summed E-state index contributed by atoms with van der Waals surface area (Å²) in [6.45, 7) is 6.58. The van der Waals surface area contributed by atoms with Gasteiger partial charge in [0.15, 0.2) is 6.10 Å². The standard InChI is InChI=1S/C47H86O6/c1-4-7-10-13-16-19-22-23-24-25-26-29-31-34-37-40-46(49)52-43-44(53-47(50)41-38-35-32-28-21-18-15-12-9-6-3)42-51-45(48)39-36-33-30-27-20-17-14-11-8-5-2/h16,19,23-24,44H,4-15,17-18,20-22,25-43H2,1-3H3/b19-16-,24-23-/t44-/m1/s1. The molecule has 0 radical (unpaired) electrons. The van der Waals surface area contributed by atoms with Gasteiger partial charge in [0.1, 0.15) is 13.2 Å². The Morgan fingerprint density at radius 2 is 0.679 bits per heavy atom. The van der Waals surface area contributed by atoms with Crippen LogP contribution in [0.4, 0.5) is 0 Å². The Kier molecular flexibility index (Phi) is 40.9. The molecule has 0 fully saturated rings. The molecular formula is C47H86O6. The average molecular weight is 747 g/mol. The maximum atomic E-state index is 12.7. The fourth-order valence-corrected chi connectivity index (χ4v) is 6.47. The molecule has 0 saturated carbocycles. The lowest BCUT2D eigenvalue weighted by Crippen LogP contribution is -2.30. The first-order chi connectivity index (χ1) is 26.0. The first kappa shape index (κ1) is 50.9. The molecule has 0 bridgehead atoms. The molecule has 0 heterocycles. The molecule has 0 saturated heterocycles. The molecule has 0 aromatic rings. The van der Waals surface area contributed by atoms with Crippen LogP contribution in [0.15, 0.2) is 24.3 Å². The maximum absolute atomic E-state index is 12.7. The number of allylic oxidation sites excluding steroid dienone is 4. The molecule has 0 aliphatic carbocycles. The Balaban J connectivity index is 4.34. The van der Waals surface area contributed by atoms with Gasteiger partial charge in [-0.15, -0.1) is 0 Å². The summed E-state index contributed by atoms with van der Waals surface area (Å²) in [4.78, 5) is 37.6. The normalized spacial score (nSPS) is 12.1. The monoisotopic (exact) mass is 747 g/mol. The zero-order valence-electron chi connectivity index (χ0n) is 35.3. The molecule has 6 heteroatoms. The minimum Gasteiger partial charge on any atom is -0.462 e. The Morgan fingerprint density at radius 3 is 1.08 bits per heavy atom. The highest BCUT2D eigenvalue weighted by Crippen LogP contribution is 2.14. The SMILES string of the molecule is CCCCC/C=C\C/C=C\CCCCCCCC(=O)OC[C@@H](COC(=O)CCCCCCCCCCCC)OC(=O)CCCCCCCCCCCC. The summed E-state index contributed by atoms with van der Waals surface area (Å²) < 4.78 is 16.7. The first-order valence-electron chi connectivity index (χ1n) is 22.8. The Hall–Kier alpha value is -2.11. The topological polar surface area (TPSA) is 78.9 Å². The summed E-state index contributed by atoms with van der Waals surface area (Å²) in [6.07, 6.45) is 45.8. The van der Waals surface area contributed by atoms with Gasteiger partial charge in [-0.3, -0.25) is 14.4 Å². The van der Waals surface area contributed by atoms with Gasteiger partial charge in [-0.2, -0.15) is 0 Å². The van der Waals surface area contributed by atoms with E-state index in [1.165, 1.54) is 122 Å². The number of ether oxygens (including phenoxy) is 3. The van der Waals surface area contributed by atoms with E-state index in [0.29, 0.717) is 19.3 Å². The Bertz CT molecular complexity index is 865. The van der Waals surface area contributed by atoms with Crippen LogP contribution >= 0.6 is 0 Å². The molecule has 0 aromatic heterocycles. The van der Waals surface area contributed by atoms with E-state index in [9.17, 15) is 14.4 Å². The fourth-order valence-electron chi connectivity index (χ4n) is 6.47. The Morgan fingerprint density at radius 1 is 0.377 bits per heavy atom. The second-order valence-electron chi connectivity index (χ2n) is 15.3. The van der Waals surface area contributed by atoms with Gasteiger partial charge in [0, 0.05) is 19.3 Å². The minimum atomic E-state index is -0.768. The van der Waals surface area contributed by atoms with Crippen LogP contribution in [-0.2, 0) is 28.6 Å². The third-order valence-electron chi connectivity index (χ3n) is 9.96. The lowest BCUT2D eigenvalue weighted by Gasteiger charge is -2.18. The van der Waals surface area contributed by atoms with Gasteiger partial charge in [-0.05, 0) is 51.4 Å². The fraction of sp³-hybridized carbons (Fsp3) is 0.851. The molecule has 53 heavy (non-hydrogen) atoms. The molecule has 0 N–H and O–H groups in total. The predicted octanol–water partition coefficient (Wildman–Crippen LogP) is 14.4. The van der Waals surface area contributed by atoms with Crippen molar-refractivity contribution in [2.24, 2.45) is 0 Å². The summed E-state index contributed by atoms with van der Waals surface area (Å²) in [5.74, 6) is -0.884. The third-order valence-corrected chi connectivity index (χ3v) is 9.96. The smallest absolute Gasteiger partial charge is 0.306 e. The highest BCUT2D eigenvalue weighted by molar-refractivity contribution is 5.71. The molecular weight excluding hydrogens is 661 g/mol. The van der Waals surface area contributed by atoms with Crippen LogP contribution in [0.1, 0.15) is 239 Å². The Labute approximate surface area is 328 Å². The van der Waals surface area contributed by atoms with E-state index in [0.717, 1.165) is 77.0 Å². The van der Waals surface area contributed by atoms with Crippen molar-refractivity contribution >= 4 is 17.9 Å². The van der Waals surface area contributed by atoms with Crippen molar-refractivity contribution in [2.45, 2.75) is 245 Å². The molecule has 310 valence electrons. The van der Waals surface area contributed by atoms with E-state index in [1.807, 2.05) is 0 Å². The molecule has 1 atom stereocenters. The van der Waals surface area contributed by atoms with E-state index < -0.39 is 6.10 Å². The minimum absolute atomic E-state index is 0.0721. The second-order valence-corrected chi connectivity index (χ2v) is 15.3. The largest absolute Gasteiger partial charge is 0.462 e. The number of esters is 3. The first-order valence-corrected chi connectivity index (χ1v) is 22.8. The van der Waals surface area contributed by atoms with Crippen LogP contribution in [0.2, 0.25) is 0 Å². The van der Waals surface area contributed by atoms with Crippen LogP contribution in [0.3, 0.4) is 0 Å². The van der Waals surface area contributed by atoms with E-state index in [-0.39, 0.29) is 31.1 Å². The predicted molar refractivity (Wildman–Crippen MR) is 224 cm³/mol. The van der Waals surface area contributed by atoms with Crippen molar-refractivity contribution in [3.8, 4) is 0 Å². The summed E-state index contributed by atoms with van der Waals surface area (Å²) in [5, 5.41) is 0. The molecule has 0 spiro atoms. The quantitative estimate of drug-likeness (QED) is 0.0268. The second kappa shape index (κ2) is 42.6. The summed E-state index contributed by atoms with van der Waals surface area (Å²) in [7, 11) is 0. The van der Waals surface area contributed by atoms with Crippen molar-refractivity contribution in [1.29, 1.82) is 0 Å². The zero-order valence-corrected chi connectivity index (χ0v) is 35.3. The van der Waals surface area contributed by atoms with Gasteiger partial charge in [-0.1, -0.05) is 193 Å². The van der Waals surface area contributed by atoms with Crippen molar-refractivity contribution in [1.82, 2.24) is 0 Å². The molecule has 0 aromatic carbocycles. The van der Waals surface area contributed by atoms with Crippen molar-refractivity contribution in [3.63, 3.8) is 0 Å². The molecule has 0 unspecified atom stereocenters. The van der Waals surface area contributed by atoms with Crippen LogP contribution in [0.25, 0.3) is 0 Å². The third kappa shape index (κ3) is 40.9. The number of hydrogen-bond acceptors (Lipinski definition) is 6. The molecule has 0 amide bonds. The van der Waals surface area contributed by atoms with Gasteiger partial charge in [-0.25, -0.2) is 0 Å². The van der Waals surface area contributed by atoms with Crippen LogP contribution in [0.5, 0.6) is 0 Å². The van der Waals surface area contributed by atoms with Crippen molar-refractivity contribution in [3.05, 3.63) is 24.3 Å². The number of rotatable bonds is 41. The maximum Gasteiger partial charge on any atom is 0.306 e. The van der Waals surface area contributed by atoms with Crippen LogP contribution in [0, 0.1) is 0 Å². The highest BCUT2D eigenvalue weighted by atomic mass is 16.6. The number of carbonyl (C=O) groups is 3. The van der Waals surface area contributed by atoms with E-state index in [2.05, 4.69) is 45.1 Å². The van der Waals surface area contributed by atoms with Crippen LogP contribution in [-0.4, -0.2) is 37.2 Å². The average Bonchev–Trinajstić information content (AvgIpc) is 3.15. The van der Waals surface area contributed by atoms with Gasteiger partial charge in [0.25, 0.3) is 0 Å². The lowest BCUT2D eigenvalue weighted by molar-refractivity contribution is -0.167. The van der Waals surface area contributed by atoms with Crippen LogP contribution < -0.4 is 0 Å². The highest BCUT2D eigenvalue weighted by Gasteiger charge is 2.19. The zero-order chi connectivity index (χ0) is 38.7. The summed E-state index contributed by atoms with van der Waals surface area (Å²) in [6, 6.07) is 0. The number of hydrogen-bond donors (Lipinski definition) is 0. The van der Waals surface area contributed by atoms with E-state index in [4.69, 9.17) is 14.2 Å². The van der Waals surface area contributed by atoms with E-state index >= 15 is 0 Å². The number of unbranched alkanes of at least 4 members (excludes halogenated alkanes) is 26. The van der Waals surface area contributed by atoms with Gasteiger partial charge in [0.2, 0.25) is 0 Å². The molecule has 6 nitrogen and oxygen atoms in total. The van der Waals surface area contributed by atoms with Crippen molar-refractivity contribution < 1.29 is 28.6 Å². The van der Waals surface area contributed by atoms with Crippen molar-refractivity contribution in [2.75, 3.05) is 13.2 Å². The summed E-state index contributed by atoms with van der Waals surface area (Å²) in [5.41, 5.74) is 0. The molecule has 0 aliphatic rings. The van der Waals surface area contributed by atoms with Gasteiger partial charge in [0.05, 0.1) is 0 Å². The lowest BCUT2D eigenvalue weighted by atomic mass is 10.1.